The highest BCUT2D eigenvalue weighted by Gasteiger charge is 2.44. The molecule has 2 aromatic rings. The molecule has 0 amide bonds. The Balaban J connectivity index is 0.000000298. The third-order valence-electron chi connectivity index (χ3n) is 5.10. The minimum Gasteiger partial charge on any atom is -0.497 e. The number of H-pyrrole nitrogens is 1. The summed E-state index contributed by atoms with van der Waals surface area (Å²) < 4.78 is 42.4. The molecular weight excluding hydrogens is 393 g/mol. The average molecular weight is 414 g/mol. The Morgan fingerprint density at radius 1 is 1.34 bits per heavy atom. The topological polar surface area (TPSA) is 91.9 Å². The summed E-state index contributed by atoms with van der Waals surface area (Å²) in [5, 5.41) is 8.30. The molecule has 2 aliphatic rings. The lowest BCUT2D eigenvalue weighted by atomic mass is 9.90. The van der Waals surface area contributed by atoms with Gasteiger partial charge in [-0.25, -0.2) is 9.59 Å². The first-order valence-corrected chi connectivity index (χ1v) is 9.07. The number of aliphatic carboxylic acids is 1. The number of carboxylic acid groups (broad SMARTS) is 1. The molecule has 3 atom stereocenters. The second kappa shape index (κ2) is 7.94. The molecule has 29 heavy (non-hydrogen) atoms. The number of hydrogen-bond donors (Lipinski definition) is 2. The number of methoxy groups -OCH3 is 1. The molecule has 7 nitrogen and oxygen atoms in total. The van der Waals surface area contributed by atoms with Crippen molar-refractivity contribution in [2.75, 3.05) is 26.8 Å². The normalized spacial score (nSPS) is 22.4. The number of esters is 1. The quantitative estimate of drug-likeness (QED) is 0.750. The predicted molar refractivity (Wildman–Crippen MR) is 96.8 cm³/mol. The zero-order valence-corrected chi connectivity index (χ0v) is 15.9. The van der Waals surface area contributed by atoms with E-state index in [1.165, 1.54) is 10.9 Å². The van der Waals surface area contributed by atoms with Crippen LogP contribution < -0.4 is 4.74 Å². The fraction of sp³-hybridized carbons (Fsp3) is 0.474. The number of aromatic amines is 1. The number of benzene rings is 1. The van der Waals surface area contributed by atoms with Gasteiger partial charge in [-0.1, -0.05) is 0 Å². The maximum atomic E-state index is 12.4. The first-order valence-electron chi connectivity index (χ1n) is 9.07. The summed E-state index contributed by atoms with van der Waals surface area (Å²) in [6.07, 6.45) is -3.99. The van der Waals surface area contributed by atoms with Gasteiger partial charge in [-0.15, -0.1) is 0 Å². The van der Waals surface area contributed by atoms with Gasteiger partial charge in [0.2, 0.25) is 0 Å². The first kappa shape index (κ1) is 21.0. The van der Waals surface area contributed by atoms with E-state index in [0.717, 1.165) is 36.5 Å². The number of rotatable bonds is 3. The summed E-state index contributed by atoms with van der Waals surface area (Å²) in [7, 11) is 1.68. The van der Waals surface area contributed by atoms with E-state index >= 15 is 0 Å². The van der Waals surface area contributed by atoms with Crippen LogP contribution in [0.3, 0.4) is 0 Å². The van der Waals surface area contributed by atoms with Gasteiger partial charge in [0.05, 0.1) is 13.7 Å². The molecule has 3 unspecified atom stereocenters. The van der Waals surface area contributed by atoms with Crippen LogP contribution in [-0.4, -0.2) is 59.9 Å². The summed E-state index contributed by atoms with van der Waals surface area (Å²) >= 11 is 0. The number of fused-ring (bicyclic) bond motifs is 6. The maximum absolute atomic E-state index is 12.4. The number of carbonyl (C=O) groups is 2. The Labute approximate surface area is 164 Å². The van der Waals surface area contributed by atoms with Crippen molar-refractivity contribution in [1.29, 1.82) is 0 Å². The summed E-state index contributed by atoms with van der Waals surface area (Å²) in [6, 6.07) is 5.74. The number of alkyl halides is 3. The Bertz CT molecular complexity index is 924. The van der Waals surface area contributed by atoms with Gasteiger partial charge in [-0.3, -0.25) is 4.90 Å². The number of nitrogens with one attached hydrogen (secondary N) is 1. The molecule has 1 aromatic heterocycles. The lowest BCUT2D eigenvalue weighted by molar-refractivity contribution is -0.192. The molecule has 1 fully saturated rings. The average Bonchev–Trinajstić information content (AvgIpc) is 3.23. The third-order valence-corrected chi connectivity index (χ3v) is 5.10. The van der Waals surface area contributed by atoms with Gasteiger partial charge in [0.25, 0.3) is 0 Å². The molecule has 10 heteroatoms. The lowest BCUT2D eigenvalue weighted by Crippen LogP contribution is -2.37. The second-order valence-corrected chi connectivity index (χ2v) is 6.80. The Morgan fingerprint density at radius 3 is 2.62 bits per heavy atom. The molecule has 0 saturated carbocycles. The minimum absolute atomic E-state index is 0.150. The first-order chi connectivity index (χ1) is 13.7. The van der Waals surface area contributed by atoms with Crippen LogP contribution in [0.15, 0.2) is 18.2 Å². The number of nitrogens with zero attached hydrogens (tertiary/aromatic N) is 1. The van der Waals surface area contributed by atoms with Gasteiger partial charge >= 0.3 is 18.1 Å². The van der Waals surface area contributed by atoms with Crippen molar-refractivity contribution in [1.82, 2.24) is 9.88 Å². The second-order valence-electron chi connectivity index (χ2n) is 6.80. The summed E-state index contributed by atoms with van der Waals surface area (Å²) in [6.45, 7) is 4.14. The molecule has 1 saturated heterocycles. The molecule has 3 heterocycles. The van der Waals surface area contributed by atoms with Crippen molar-refractivity contribution < 1.29 is 37.3 Å². The number of halogens is 3. The van der Waals surface area contributed by atoms with E-state index in [2.05, 4.69) is 16.0 Å². The highest BCUT2D eigenvalue weighted by molar-refractivity contribution is 5.90. The van der Waals surface area contributed by atoms with E-state index in [0.29, 0.717) is 12.5 Å². The van der Waals surface area contributed by atoms with E-state index in [1.807, 2.05) is 19.1 Å². The number of ether oxygens (including phenoxy) is 2. The SMILES string of the molecule is CCOC(=O)C1c2[nH]c3ccc(OC)cc3c2C2CCN1C2.O=C(O)C(F)(F)F. The van der Waals surface area contributed by atoms with Crippen LogP contribution >= 0.6 is 0 Å². The monoisotopic (exact) mass is 414 g/mol. The Kier molecular flexibility index (Phi) is 5.74. The van der Waals surface area contributed by atoms with E-state index < -0.39 is 12.1 Å². The van der Waals surface area contributed by atoms with Crippen LogP contribution in [0.25, 0.3) is 10.9 Å². The smallest absolute Gasteiger partial charge is 0.490 e. The van der Waals surface area contributed by atoms with E-state index in [1.54, 1.807) is 7.11 Å². The lowest BCUT2D eigenvalue weighted by Gasteiger charge is -2.30. The Morgan fingerprint density at radius 2 is 2.03 bits per heavy atom. The van der Waals surface area contributed by atoms with Gasteiger partial charge in [-0.05, 0) is 43.7 Å². The van der Waals surface area contributed by atoms with Gasteiger partial charge in [-0.2, -0.15) is 13.2 Å². The largest absolute Gasteiger partial charge is 0.497 e. The maximum Gasteiger partial charge on any atom is 0.490 e. The van der Waals surface area contributed by atoms with Gasteiger partial charge in [0.15, 0.2) is 0 Å². The molecule has 1 aromatic carbocycles. The zero-order valence-electron chi connectivity index (χ0n) is 15.9. The summed E-state index contributed by atoms with van der Waals surface area (Å²) in [5.41, 5.74) is 3.35. The number of aromatic nitrogens is 1. The highest BCUT2D eigenvalue weighted by atomic mass is 19.4. The van der Waals surface area contributed by atoms with Crippen molar-refractivity contribution in [3.05, 3.63) is 29.5 Å². The number of hydrogen-bond acceptors (Lipinski definition) is 5. The van der Waals surface area contributed by atoms with Gasteiger partial charge in [0.1, 0.15) is 11.8 Å². The van der Waals surface area contributed by atoms with Crippen molar-refractivity contribution in [2.24, 2.45) is 0 Å². The minimum atomic E-state index is -5.08. The predicted octanol–water partition coefficient (Wildman–Crippen LogP) is 3.22. The van der Waals surface area contributed by atoms with Gasteiger partial charge < -0.3 is 19.6 Å². The Hall–Kier alpha value is -2.75. The van der Waals surface area contributed by atoms with Crippen LogP contribution in [0.4, 0.5) is 13.2 Å². The van der Waals surface area contributed by atoms with Crippen LogP contribution in [-0.2, 0) is 14.3 Å². The van der Waals surface area contributed by atoms with E-state index in [4.69, 9.17) is 19.4 Å². The fourth-order valence-corrected chi connectivity index (χ4v) is 3.92. The fourth-order valence-electron chi connectivity index (χ4n) is 3.92. The molecule has 158 valence electrons. The standard InChI is InChI=1S/C17H20N2O3.C2HF3O2/c1-3-22-17(20)16-15-14(10-6-7-19(16)9-10)12-8-11(21-2)4-5-13(12)18-15;3-2(4,5)1(6)7/h4-5,8,10,16,18H,3,6-7,9H2,1-2H3;(H,6,7). The van der Waals surface area contributed by atoms with Crippen LogP contribution in [0.5, 0.6) is 5.75 Å². The number of carboxylic acids is 1. The van der Waals surface area contributed by atoms with E-state index in [-0.39, 0.29) is 12.0 Å². The summed E-state index contributed by atoms with van der Waals surface area (Å²) in [4.78, 5) is 27.0. The third kappa shape index (κ3) is 4.02. The molecule has 2 N–H and O–H groups in total. The molecule has 0 radical (unpaired) electrons. The molecule has 4 rings (SSSR count). The molecule has 2 aliphatic heterocycles. The number of carbonyl (C=O) groups excluding carboxylic acids is 1. The molecular formula is C19H21F3N2O5. The van der Waals surface area contributed by atoms with Crippen LogP contribution in [0.2, 0.25) is 0 Å². The molecule has 2 bridgehead atoms. The summed E-state index contributed by atoms with van der Waals surface area (Å²) in [5.74, 6) is -1.57. The van der Waals surface area contributed by atoms with Crippen molar-refractivity contribution >= 4 is 22.8 Å². The van der Waals surface area contributed by atoms with Crippen LogP contribution in [0, 0.1) is 0 Å². The van der Waals surface area contributed by atoms with Crippen molar-refractivity contribution in [3.63, 3.8) is 0 Å². The zero-order chi connectivity index (χ0) is 21.3. The van der Waals surface area contributed by atoms with Crippen molar-refractivity contribution in [2.45, 2.75) is 31.5 Å². The van der Waals surface area contributed by atoms with E-state index in [9.17, 15) is 18.0 Å². The van der Waals surface area contributed by atoms with Gasteiger partial charge in [0, 0.05) is 29.1 Å². The highest BCUT2D eigenvalue weighted by Crippen LogP contribution is 2.46. The molecule has 0 aliphatic carbocycles. The van der Waals surface area contributed by atoms with Crippen LogP contribution in [0.1, 0.15) is 36.6 Å². The van der Waals surface area contributed by atoms with Crippen molar-refractivity contribution in [3.8, 4) is 5.75 Å². The molecule has 0 spiro atoms.